The average molecular weight is 440 g/mol. The van der Waals surface area contributed by atoms with E-state index in [1.807, 2.05) is 17.7 Å². The summed E-state index contributed by atoms with van der Waals surface area (Å²) < 4.78 is 46.8. The van der Waals surface area contributed by atoms with Gasteiger partial charge in [0.25, 0.3) is 5.91 Å². The number of carbonyl (C=O) groups excluding carboxylic acids is 1. The summed E-state index contributed by atoms with van der Waals surface area (Å²) in [5, 5.41) is 20.2. The first-order chi connectivity index (χ1) is 17.7. The summed E-state index contributed by atoms with van der Waals surface area (Å²) >= 11 is 0. The minimum atomic E-state index is -3.08. The van der Waals surface area contributed by atoms with Gasteiger partial charge >= 0.3 is 7.12 Å². The molecule has 0 aliphatic carbocycles. The first-order valence-corrected chi connectivity index (χ1v) is 10.7. The van der Waals surface area contributed by atoms with E-state index in [4.69, 9.17) is 8.22 Å². The van der Waals surface area contributed by atoms with E-state index in [2.05, 4.69) is 16.8 Å². The largest absolute Gasteiger partial charge is 0.489 e. The Kier molecular flexibility index (Phi) is 4.53. The number of benzene rings is 1. The third-order valence-electron chi connectivity index (χ3n) is 6.62. The molecule has 7 nitrogen and oxygen atoms in total. The van der Waals surface area contributed by atoms with Crippen LogP contribution in [-0.4, -0.2) is 69.5 Å². The highest BCUT2D eigenvalue weighted by Gasteiger charge is 2.27. The summed E-state index contributed by atoms with van der Waals surface area (Å²) in [6.07, 6.45) is 3.31. The Morgan fingerprint density at radius 1 is 1.22 bits per heavy atom. The molecule has 1 amide bonds. The molecule has 2 aromatic heterocycles. The van der Waals surface area contributed by atoms with Crippen molar-refractivity contribution < 1.29 is 23.1 Å². The van der Waals surface area contributed by atoms with Crippen molar-refractivity contribution in [3.63, 3.8) is 0 Å². The molecule has 3 heterocycles. The Morgan fingerprint density at radius 3 is 2.53 bits per heavy atom. The molecule has 0 radical (unpaired) electrons. The number of piperidine rings is 1. The zero-order chi connectivity index (χ0) is 28.0. The molecule has 0 bridgehead atoms. The molecule has 1 saturated heterocycles. The molecule has 3 aromatic rings. The lowest BCUT2D eigenvalue weighted by atomic mass is 9.79. The number of hydrogen-bond acceptors (Lipinski definition) is 5. The summed E-state index contributed by atoms with van der Waals surface area (Å²) in [6, 6.07) is 10.2. The first kappa shape index (κ1) is 16.0. The Balaban J connectivity index is 1.45. The maximum Gasteiger partial charge on any atom is 0.489 e. The van der Waals surface area contributed by atoms with E-state index in [1.54, 1.807) is 24.4 Å². The second-order valence-electron chi connectivity index (χ2n) is 8.39. The van der Waals surface area contributed by atoms with Gasteiger partial charge in [0, 0.05) is 58.1 Å². The highest BCUT2D eigenvalue weighted by Crippen LogP contribution is 2.33. The van der Waals surface area contributed by atoms with Crippen LogP contribution in [0.4, 0.5) is 0 Å². The number of nitrogens with zero attached hydrogens (tertiary/aromatic N) is 4. The second kappa shape index (κ2) is 9.06. The maximum atomic E-state index is 12.7. The minimum Gasteiger partial charge on any atom is -0.423 e. The van der Waals surface area contributed by atoms with Crippen molar-refractivity contribution in [2.24, 2.45) is 7.05 Å². The summed E-state index contributed by atoms with van der Waals surface area (Å²) in [6.45, 7) is -2.40. The van der Waals surface area contributed by atoms with Gasteiger partial charge in [-0.05, 0) is 74.1 Å². The van der Waals surface area contributed by atoms with E-state index in [-0.39, 0.29) is 22.4 Å². The summed E-state index contributed by atoms with van der Waals surface area (Å²) in [5.74, 6) is -0.810. The van der Waals surface area contributed by atoms with Crippen molar-refractivity contribution in [3.8, 4) is 0 Å². The minimum absolute atomic E-state index is 0.0174. The third kappa shape index (κ3) is 4.18. The highest BCUT2D eigenvalue weighted by atomic mass is 16.4. The molecule has 1 aliphatic rings. The van der Waals surface area contributed by atoms with Gasteiger partial charge in [-0.3, -0.25) is 9.69 Å². The van der Waals surface area contributed by atoms with Crippen LogP contribution in [0.3, 0.4) is 0 Å². The highest BCUT2D eigenvalue weighted by molar-refractivity contribution is 6.61. The molecule has 168 valence electrons. The molecule has 32 heavy (non-hydrogen) atoms. The number of carbonyl (C=O) groups is 1. The van der Waals surface area contributed by atoms with Crippen LogP contribution in [-0.2, 0) is 7.05 Å². The van der Waals surface area contributed by atoms with Crippen molar-refractivity contribution in [1.29, 1.82) is 0 Å². The fourth-order valence-electron chi connectivity index (χ4n) is 4.72. The topological polar surface area (TPSA) is 81.8 Å². The van der Waals surface area contributed by atoms with Gasteiger partial charge in [-0.15, -0.1) is 0 Å². The number of likely N-dealkylation sites (tertiary alicyclic amines) is 1. The van der Waals surface area contributed by atoms with Crippen molar-refractivity contribution in [2.75, 3.05) is 27.0 Å². The molecule has 1 aromatic carbocycles. The van der Waals surface area contributed by atoms with Crippen LogP contribution < -0.4 is 5.46 Å². The van der Waals surface area contributed by atoms with Gasteiger partial charge in [0.15, 0.2) is 0 Å². The molecule has 1 fully saturated rings. The zero-order valence-electron chi connectivity index (χ0n) is 24.2. The van der Waals surface area contributed by atoms with Crippen molar-refractivity contribution >= 4 is 29.5 Å². The standard InChI is InChI=1S/C24H31BN4O3/c1-16(22-15-20-21(25(31)32)9-12-26-23(20)28(22)4)29-13-10-18(11-14-29)17-5-7-19(8-6-17)24(30)27(2)3/h5-9,12,15-16,18,31-32H,10-11,13-14H2,1-4H3/i2D3,3D3. The quantitative estimate of drug-likeness (QED) is 0.593. The number of rotatable bonds is 5. The van der Waals surface area contributed by atoms with E-state index < -0.39 is 27.0 Å². The molecule has 4 rings (SSSR count). The fraction of sp³-hybridized carbons (Fsp3) is 0.417. The van der Waals surface area contributed by atoms with Crippen molar-refractivity contribution in [3.05, 3.63) is 59.4 Å². The molecule has 0 saturated carbocycles. The number of fused-ring (bicyclic) bond motifs is 1. The average Bonchev–Trinajstić information content (AvgIpc) is 3.18. The lowest BCUT2D eigenvalue weighted by molar-refractivity contribution is 0.0827. The first-order valence-electron chi connectivity index (χ1n) is 13.7. The lowest BCUT2D eigenvalue weighted by Gasteiger charge is -2.36. The molecule has 2 N–H and O–H groups in total. The Labute approximate surface area is 197 Å². The smallest absolute Gasteiger partial charge is 0.423 e. The number of aromatic nitrogens is 2. The number of amides is 1. The Bertz CT molecular complexity index is 1290. The van der Waals surface area contributed by atoms with Gasteiger partial charge in [-0.1, -0.05) is 12.1 Å². The molecule has 0 spiro atoms. The monoisotopic (exact) mass is 440 g/mol. The molecule has 1 atom stereocenters. The SMILES string of the molecule is [2H]C([2H])([2H])N(C(=O)c1ccc(C2CCN(C(C)c3cc4c(B(O)O)ccnc4n3C)CC2)cc1)C([2H])([2H])[2H]. The fourth-order valence-corrected chi connectivity index (χ4v) is 4.72. The van der Waals surface area contributed by atoms with Gasteiger partial charge < -0.3 is 19.5 Å². The number of hydrogen-bond donors (Lipinski definition) is 2. The van der Waals surface area contributed by atoms with Crippen molar-refractivity contribution in [1.82, 2.24) is 19.4 Å². The summed E-state index contributed by atoms with van der Waals surface area (Å²) in [4.78, 5) is 19.4. The van der Waals surface area contributed by atoms with Gasteiger partial charge in [0.05, 0.1) is 0 Å². The van der Waals surface area contributed by atoms with E-state index in [0.717, 1.165) is 37.2 Å². The van der Waals surface area contributed by atoms with Crippen LogP contribution in [0.1, 0.15) is 61.6 Å². The van der Waals surface area contributed by atoms with E-state index in [1.165, 1.54) is 12.1 Å². The van der Waals surface area contributed by atoms with Crippen LogP contribution >= 0.6 is 0 Å². The number of pyridine rings is 1. The number of aryl methyl sites for hydroxylation is 1. The predicted molar refractivity (Wildman–Crippen MR) is 127 cm³/mol. The van der Waals surface area contributed by atoms with Gasteiger partial charge in [-0.2, -0.15) is 0 Å². The lowest BCUT2D eigenvalue weighted by Crippen LogP contribution is -2.35. The van der Waals surface area contributed by atoms with E-state index >= 15 is 0 Å². The van der Waals surface area contributed by atoms with Gasteiger partial charge in [-0.25, -0.2) is 4.98 Å². The van der Waals surface area contributed by atoms with E-state index in [0.29, 0.717) is 16.5 Å². The summed E-state index contributed by atoms with van der Waals surface area (Å²) in [7, 11) is 0.345. The molecule has 8 heteroatoms. The molecular formula is C24H31BN4O3. The Hall–Kier alpha value is -2.68. The zero-order valence-corrected chi connectivity index (χ0v) is 18.2. The van der Waals surface area contributed by atoms with Crippen LogP contribution in [0.15, 0.2) is 42.6 Å². The second-order valence-corrected chi connectivity index (χ2v) is 8.39. The van der Waals surface area contributed by atoms with Crippen LogP contribution in [0.2, 0.25) is 0 Å². The van der Waals surface area contributed by atoms with Gasteiger partial charge in [0.1, 0.15) is 5.65 Å². The molecule has 1 aliphatic heterocycles. The molecule has 1 unspecified atom stereocenters. The molecular weight excluding hydrogens is 403 g/mol. The maximum absolute atomic E-state index is 12.7. The van der Waals surface area contributed by atoms with E-state index in [9.17, 15) is 14.8 Å². The van der Waals surface area contributed by atoms with Crippen LogP contribution in [0.25, 0.3) is 11.0 Å². The Morgan fingerprint density at radius 2 is 1.91 bits per heavy atom. The van der Waals surface area contributed by atoms with Crippen LogP contribution in [0, 0.1) is 0 Å². The summed E-state index contributed by atoms with van der Waals surface area (Å²) in [5.41, 5.74) is 3.17. The van der Waals surface area contributed by atoms with Gasteiger partial charge in [0.2, 0.25) is 0 Å². The third-order valence-corrected chi connectivity index (χ3v) is 6.62. The normalized spacial score (nSPS) is 19.9. The van der Waals surface area contributed by atoms with Crippen LogP contribution in [0.5, 0.6) is 0 Å². The van der Waals surface area contributed by atoms with Crippen molar-refractivity contribution in [2.45, 2.75) is 31.7 Å². The predicted octanol–water partition coefficient (Wildman–Crippen LogP) is 1.90.